The van der Waals surface area contributed by atoms with E-state index in [-0.39, 0.29) is 5.54 Å². The second kappa shape index (κ2) is 10.5. The number of amides is 1. The van der Waals surface area contributed by atoms with Gasteiger partial charge in [-0.3, -0.25) is 9.36 Å². The number of hydrogen-bond acceptors (Lipinski definition) is 6. The zero-order valence-corrected chi connectivity index (χ0v) is 22.5. The number of anilines is 2. The van der Waals surface area contributed by atoms with Crippen molar-refractivity contribution in [2.24, 2.45) is 11.7 Å². The van der Waals surface area contributed by atoms with E-state index in [1.54, 1.807) is 6.20 Å². The van der Waals surface area contributed by atoms with Gasteiger partial charge in [0.05, 0.1) is 11.3 Å². The summed E-state index contributed by atoms with van der Waals surface area (Å²) in [6, 6.07) is 23.5. The molecule has 2 aliphatic rings. The Labute approximate surface area is 233 Å². The summed E-state index contributed by atoms with van der Waals surface area (Å²) in [5, 5.41) is 2.69. The maximum Gasteiger partial charge on any atom is 0.211 e. The van der Waals surface area contributed by atoms with E-state index in [9.17, 15) is 4.79 Å². The number of nitrogens with one attached hydrogen (secondary N) is 1. The fourth-order valence-corrected chi connectivity index (χ4v) is 4.94. The van der Waals surface area contributed by atoms with Crippen LogP contribution in [0.15, 0.2) is 79.0 Å². The minimum Gasteiger partial charge on any atom is -0.383 e. The number of nitrogens with zero attached hydrogens (tertiary/aromatic N) is 4. The molecule has 5 aromatic rings. The Morgan fingerprint density at radius 3 is 2.42 bits per heavy atom. The van der Waals surface area contributed by atoms with Gasteiger partial charge in [0, 0.05) is 28.7 Å². The third-order valence-electron chi connectivity index (χ3n) is 7.78. The monoisotopic (exact) mass is 531 g/mol. The summed E-state index contributed by atoms with van der Waals surface area (Å²) in [6.45, 7) is 2.28. The number of benzene rings is 2. The number of nitrogen functional groups attached to an aromatic ring is 1. The normalized spacial score (nSPS) is 15.6. The average molecular weight is 532 g/mol. The molecule has 40 heavy (non-hydrogen) atoms. The van der Waals surface area contributed by atoms with Crippen molar-refractivity contribution < 1.29 is 4.79 Å². The SMILES string of the molecule is CC1CC1.Nc1ncccc1-c1nc2ccc(-c3cccc(NC=O)c3)nc2n1-c1ccc(C2(N)CCC2)cc1. The highest BCUT2D eigenvalue weighted by Crippen LogP contribution is 2.39. The zero-order chi connectivity index (χ0) is 27.7. The van der Waals surface area contributed by atoms with Crippen LogP contribution in [0.4, 0.5) is 11.5 Å². The van der Waals surface area contributed by atoms with Crippen LogP contribution in [0.3, 0.4) is 0 Å². The number of aromatic nitrogens is 4. The molecule has 1 amide bonds. The molecule has 8 heteroatoms. The maximum atomic E-state index is 10.9. The molecule has 2 aromatic carbocycles. The molecule has 0 radical (unpaired) electrons. The molecule has 0 saturated heterocycles. The second-order valence-electron chi connectivity index (χ2n) is 10.8. The predicted octanol–water partition coefficient (Wildman–Crippen LogP) is 6.05. The van der Waals surface area contributed by atoms with Crippen LogP contribution in [0, 0.1) is 5.92 Å². The highest BCUT2D eigenvalue weighted by Gasteiger charge is 2.34. The number of rotatable bonds is 6. The molecule has 0 unspecified atom stereocenters. The van der Waals surface area contributed by atoms with E-state index in [4.69, 9.17) is 21.4 Å². The van der Waals surface area contributed by atoms with E-state index in [0.717, 1.165) is 58.8 Å². The third-order valence-corrected chi connectivity index (χ3v) is 7.78. The number of hydrogen-bond donors (Lipinski definition) is 3. The van der Waals surface area contributed by atoms with Gasteiger partial charge in [0.15, 0.2) is 11.5 Å². The standard InChI is InChI=1S/C28H25N7O.C4H8/c29-25-22(6-2-15-31-25)26-34-24-12-11-23(18-4-1-5-20(16-18)32-17-36)33-27(24)35(26)21-9-7-19(8-10-21)28(30)13-3-14-28;1-4-2-3-4/h1-2,4-12,15-17H,3,13-14,30H2,(H2,29,31)(H,32,36);4H,2-3H2,1H3. The van der Waals surface area contributed by atoms with Crippen LogP contribution < -0.4 is 16.8 Å². The van der Waals surface area contributed by atoms with Gasteiger partial charge in [-0.05, 0) is 79.3 Å². The summed E-state index contributed by atoms with van der Waals surface area (Å²) in [7, 11) is 0. The number of carbonyl (C=O) groups is 1. The largest absolute Gasteiger partial charge is 0.383 e. The highest BCUT2D eigenvalue weighted by atomic mass is 16.1. The summed E-state index contributed by atoms with van der Waals surface area (Å²) in [4.78, 5) is 25.1. The van der Waals surface area contributed by atoms with Gasteiger partial charge in [0.2, 0.25) is 6.41 Å². The molecular weight excluding hydrogens is 498 g/mol. The summed E-state index contributed by atoms with van der Waals surface area (Å²) in [6.07, 6.45) is 8.46. The van der Waals surface area contributed by atoms with Gasteiger partial charge in [-0.1, -0.05) is 44.0 Å². The molecule has 0 atom stereocenters. The minimum atomic E-state index is -0.238. The fraction of sp³-hybridized carbons (Fsp3) is 0.250. The van der Waals surface area contributed by atoms with Crippen LogP contribution >= 0.6 is 0 Å². The van der Waals surface area contributed by atoms with E-state index in [2.05, 4.69) is 41.5 Å². The Bertz CT molecular complexity index is 1670. The Morgan fingerprint density at radius 2 is 1.77 bits per heavy atom. The number of carbonyl (C=O) groups excluding carboxylic acids is 1. The number of imidazole rings is 1. The van der Waals surface area contributed by atoms with Gasteiger partial charge in [-0.15, -0.1) is 0 Å². The lowest BCUT2D eigenvalue weighted by atomic mass is 9.73. The molecule has 5 N–H and O–H groups in total. The van der Waals surface area contributed by atoms with E-state index in [1.807, 2.05) is 53.1 Å². The first-order valence-electron chi connectivity index (χ1n) is 13.8. The van der Waals surface area contributed by atoms with Crippen molar-refractivity contribution >= 4 is 29.1 Å². The quantitative estimate of drug-likeness (QED) is 0.229. The van der Waals surface area contributed by atoms with Gasteiger partial charge in [0.25, 0.3) is 0 Å². The fourth-order valence-electron chi connectivity index (χ4n) is 4.94. The summed E-state index contributed by atoms with van der Waals surface area (Å²) in [5.41, 5.74) is 19.1. The van der Waals surface area contributed by atoms with Gasteiger partial charge in [0.1, 0.15) is 11.3 Å². The molecule has 2 aliphatic carbocycles. The zero-order valence-electron chi connectivity index (χ0n) is 22.5. The van der Waals surface area contributed by atoms with Crippen molar-refractivity contribution in [3.63, 3.8) is 0 Å². The van der Waals surface area contributed by atoms with Crippen molar-refractivity contribution in [3.8, 4) is 28.3 Å². The molecule has 3 heterocycles. The minimum absolute atomic E-state index is 0.238. The summed E-state index contributed by atoms with van der Waals surface area (Å²) in [5.74, 6) is 2.14. The number of nitrogens with two attached hydrogens (primary N) is 2. The lowest BCUT2D eigenvalue weighted by Crippen LogP contribution is -2.43. The van der Waals surface area contributed by atoms with Gasteiger partial charge >= 0.3 is 0 Å². The second-order valence-corrected chi connectivity index (χ2v) is 10.8. The molecule has 0 bridgehead atoms. The highest BCUT2D eigenvalue weighted by molar-refractivity contribution is 5.85. The molecule has 3 aromatic heterocycles. The molecule has 0 spiro atoms. The summed E-state index contributed by atoms with van der Waals surface area (Å²) < 4.78 is 2.01. The summed E-state index contributed by atoms with van der Waals surface area (Å²) >= 11 is 0. The molecule has 202 valence electrons. The maximum absolute atomic E-state index is 10.9. The predicted molar refractivity (Wildman–Crippen MR) is 160 cm³/mol. The van der Waals surface area contributed by atoms with Crippen molar-refractivity contribution in [2.75, 3.05) is 11.1 Å². The van der Waals surface area contributed by atoms with Crippen LogP contribution in [0.1, 0.15) is 44.6 Å². The van der Waals surface area contributed by atoms with Crippen LogP contribution in [0.5, 0.6) is 0 Å². The van der Waals surface area contributed by atoms with E-state index >= 15 is 0 Å². The molecule has 0 aliphatic heterocycles. The lowest BCUT2D eigenvalue weighted by Gasteiger charge is -2.38. The first kappa shape index (κ1) is 25.7. The first-order valence-corrected chi connectivity index (χ1v) is 13.8. The van der Waals surface area contributed by atoms with Crippen LogP contribution in [0.25, 0.3) is 39.5 Å². The van der Waals surface area contributed by atoms with E-state index < -0.39 is 0 Å². The van der Waals surface area contributed by atoms with E-state index in [0.29, 0.717) is 29.4 Å². The molecular formula is C32H33N7O. The van der Waals surface area contributed by atoms with Crippen molar-refractivity contribution in [1.82, 2.24) is 19.5 Å². The van der Waals surface area contributed by atoms with Crippen molar-refractivity contribution in [3.05, 3.63) is 84.6 Å². The Hall–Kier alpha value is -4.56. The molecule has 8 nitrogen and oxygen atoms in total. The van der Waals surface area contributed by atoms with Crippen LogP contribution in [-0.2, 0) is 10.3 Å². The lowest BCUT2D eigenvalue weighted by molar-refractivity contribution is -0.105. The van der Waals surface area contributed by atoms with Crippen molar-refractivity contribution in [1.29, 1.82) is 0 Å². The first-order chi connectivity index (χ1) is 19.4. The molecule has 2 saturated carbocycles. The Balaban J connectivity index is 0.000000666. The average Bonchev–Trinajstić information content (AvgIpc) is 3.65. The third kappa shape index (κ3) is 5.05. The number of pyridine rings is 2. The van der Waals surface area contributed by atoms with Gasteiger partial charge in [-0.2, -0.15) is 0 Å². The van der Waals surface area contributed by atoms with Gasteiger partial charge < -0.3 is 16.8 Å². The van der Waals surface area contributed by atoms with Crippen LogP contribution in [0.2, 0.25) is 0 Å². The van der Waals surface area contributed by atoms with E-state index in [1.165, 1.54) is 12.8 Å². The number of fused-ring (bicyclic) bond motifs is 1. The van der Waals surface area contributed by atoms with Gasteiger partial charge in [-0.25, -0.2) is 15.0 Å². The molecule has 2 fully saturated rings. The Kier molecular flexibility index (Phi) is 6.77. The smallest absolute Gasteiger partial charge is 0.211 e. The van der Waals surface area contributed by atoms with Crippen molar-refractivity contribution in [2.45, 2.75) is 44.6 Å². The Morgan fingerprint density at radius 1 is 1.00 bits per heavy atom. The van der Waals surface area contributed by atoms with Crippen LogP contribution in [-0.4, -0.2) is 25.9 Å². The topological polar surface area (TPSA) is 125 Å². The molecule has 7 rings (SSSR count).